The van der Waals surface area contributed by atoms with E-state index in [1.807, 2.05) is 27.7 Å². The van der Waals surface area contributed by atoms with Crippen molar-refractivity contribution in [3.05, 3.63) is 0 Å². The third-order valence-corrected chi connectivity index (χ3v) is 14.5. The molecule has 0 saturated carbocycles. The lowest BCUT2D eigenvalue weighted by molar-refractivity contribution is -0.134. The summed E-state index contributed by atoms with van der Waals surface area (Å²) in [6, 6.07) is 0. The molecule has 0 aliphatic carbocycles. The minimum atomic E-state index is -0.755. The number of carbonyl (C=O) groups excluding carboxylic acids is 1. The Morgan fingerprint density at radius 2 is 0.314 bits per heavy atom. The lowest BCUT2D eigenvalue weighted by atomic mass is 10.1. The van der Waals surface area contributed by atoms with Crippen LogP contribution in [0.5, 0.6) is 0 Å². The second kappa shape index (κ2) is 80.5. The van der Waals surface area contributed by atoms with Gasteiger partial charge in [0, 0.05) is 13.7 Å². The van der Waals surface area contributed by atoms with Crippen LogP contribution in [0.2, 0.25) is 0 Å². The molecule has 1 heterocycles. The lowest BCUT2D eigenvalue weighted by Crippen LogP contribution is -2.47. The van der Waals surface area contributed by atoms with Crippen molar-refractivity contribution in [3.63, 3.8) is 0 Å². The molecular weight excluding hydrogens is 1380 g/mol. The predicted molar refractivity (Wildman–Crippen MR) is 373 cm³/mol. The number of rotatable bonds is 90. The van der Waals surface area contributed by atoms with Crippen molar-refractivity contribution >= 4 is 17.7 Å². The third kappa shape index (κ3) is 67.8. The number of ether oxygens (including phenoxy) is 30. The molecule has 0 bridgehead atoms. The average molecular weight is 1510 g/mol. The van der Waals surface area contributed by atoms with Gasteiger partial charge in [0.2, 0.25) is 5.91 Å². The Labute approximate surface area is 614 Å². The van der Waals surface area contributed by atoms with Crippen molar-refractivity contribution in [2.24, 2.45) is 0 Å². The smallest absolute Gasteiger partial charge is 0.245 e. The fourth-order valence-corrected chi connectivity index (χ4v) is 8.55. The van der Waals surface area contributed by atoms with Crippen molar-refractivity contribution in [1.82, 2.24) is 9.32 Å². The van der Waals surface area contributed by atoms with Crippen molar-refractivity contribution in [2.45, 2.75) is 38.9 Å². The standard InChI is InChI=1S/C68H135ClN2O31/c1-67(2)66(72)70(68(3,4)71(67)69)6-7-74-10-11-76-14-15-78-18-19-80-22-23-82-26-27-84-30-31-86-34-35-88-38-39-90-42-43-92-46-47-94-50-51-96-54-55-98-58-59-100-62-63-102-65-64-101-61-60-99-57-56-97-53-52-95-49-48-93-45-44-91-41-40-89-37-36-87-33-32-85-29-28-83-25-24-81-21-20-79-17-16-77-13-12-75-9-8-73-5/h6-65H2,1-5H3. The van der Waals surface area contributed by atoms with Crippen LogP contribution in [-0.4, -0.2) is 430 Å². The second-order valence-electron chi connectivity index (χ2n) is 22.5. The molecule has 1 aliphatic rings. The topological polar surface area (TPSA) is 300 Å². The maximum Gasteiger partial charge on any atom is 0.245 e. The van der Waals surface area contributed by atoms with Gasteiger partial charge in [-0.05, 0) is 39.5 Å². The van der Waals surface area contributed by atoms with E-state index in [0.29, 0.717) is 396 Å². The molecule has 1 amide bonds. The van der Waals surface area contributed by atoms with Gasteiger partial charge in [0.25, 0.3) is 0 Å². The lowest BCUT2D eigenvalue weighted by Gasteiger charge is -2.35. The highest BCUT2D eigenvalue weighted by Crippen LogP contribution is 2.39. The summed E-state index contributed by atoms with van der Waals surface area (Å²) < 4.78 is 167. The van der Waals surface area contributed by atoms with Gasteiger partial charge in [-0.2, -0.15) is 4.42 Å². The van der Waals surface area contributed by atoms with Gasteiger partial charge in [-0.15, -0.1) is 0 Å². The summed E-state index contributed by atoms with van der Waals surface area (Å²) in [6.45, 7) is 36.6. The molecule has 1 saturated heterocycles. The number of carbonyl (C=O) groups is 1. The van der Waals surface area contributed by atoms with Crippen LogP contribution >= 0.6 is 11.8 Å². The minimum Gasteiger partial charge on any atom is -0.382 e. The molecular formula is C68H135ClN2O31. The summed E-state index contributed by atoms with van der Waals surface area (Å²) >= 11 is 6.41. The van der Waals surface area contributed by atoms with Gasteiger partial charge in [-0.1, -0.05) is 0 Å². The molecule has 0 aromatic heterocycles. The van der Waals surface area contributed by atoms with Crippen molar-refractivity contribution in [3.8, 4) is 0 Å². The quantitative estimate of drug-likeness (QED) is 0.0620. The highest BCUT2D eigenvalue weighted by Gasteiger charge is 2.55. The van der Waals surface area contributed by atoms with Gasteiger partial charge >= 0.3 is 0 Å². The van der Waals surface area contributed by atoms with Gasteiger partial charge in [0.05, 0.1) is 390 Å². The second-order valence-corrected chi connectivity index (χ2v) is 22.9. The van der Waals surface area contributed by atoms with E-state index in [0.717, 1.165) is 0 Å². The molecule has 0 radical (unpaired) electrons. The molecule has 33 nitrogen and oxygen atoms in total. The van der Waals surface area contributed by atoms with Crippen molar-refractivity contribution in [2.75, 3.05) is 403 Å². The van der Waals surface area contributed by atoms with Crippen LogP contribution in [0.15, 0.2) is 0 Å². The van der Waals surface area contributed by atoms with E-state index in [4.69, 9.17) is 154 Å². The molecule has 1 rings (SSSR count). The Bertz CT molecular complexity index is 1660. The monoisotopic (exact) mass is 1510 g/mol. The molecule has 0 N–H and O–H groups in total. The molecule has 0 spiro atoms. The van der Waals surface area contributed by atoms with Crippen LogP contribution in [0.3, 0.4) is 0 Å². The van der Waals surface area contributed by atoms with Crippen LogP contribution in [0.4, 0.5) is 0 Å². The van der Waals surface area contributed by atoms with Gasteiger partial charge in [-0.25, -0.2) is 0 Å². The first-order chi connectivity index (χ1) is 50.3. The van der Waals surface area contributed by atoms with Crippen LogP contribution in [0, 0.1) is 0 Å². The number of amides is 1. The summed E-state index contributed by atoms with van der Waals surface area (Å²) in [4.78, 5) is 14.5. The number of hydrogen-bond donors (Lipinski definition) is 0. The minimum absolute atomic E-state index is 0.0148. The van der Waals surface area contributed by atoms with E-state index in [2.05, 4.69) is 0 Å². The first-order valence-corrected chi connectivity index (χ1v) is 36.6. The van der Waals surface area contributed by atoms with Crippen LogP contribution in [-0.2, 0) is 147 Å². The zero-order valence-electron chi connectivity index (χ0n) is 62.9. The normalized spacial score (nSPS) is 13.9. The molecule has 0 unspecified atom stereocenters. The van der Waals surface area contributed by atoms with Crippen molar-refractivity contribution in [1.29, 1.82) is 0 Å². The fraction of sp³-hybridized carbons (Fsp3) is 0.985. The summed E-state index contributed by atoms with van der Waals surface area (Å²) in [5.41, 5.74) is -1.34. The Kier molecular flexibility index (Phi) is 77.8. The van der Waals surface area contributed by atoms with E-state index in [1.54, 1.807) is 16.4 Å². The van der Waals surface area contributed by atoms with Crippen LogP contribution in [0.1, 0.15) is 27.7 Å². The van der Waals surface area contributed by atoms with Gasteiger partial charge in [0.15, 0.2) is 0 Å². The van der Waals surface area contributed by atoms with E-state index in [9.17, 15) is 4.79 Å². The first kappa shape index (κ1) is 98.5. The SMILES string of the molecule is COCCOCCOCCOCCOCCOCCOCCOCCOCCOCCOCCOCCOCCOCCOCCOCCOCCOCCOCCOCCOCCOCCOCCOCCOCCOCCOCCOCCOCCOCCN1C(=O)C(C)(C)N(Cl)C1(C)C. The van der Waals surface area contributed by atoms with Gasteiger partial charge < -0.3 is 147 Å². The fourth-order valence-electron chi connectivity index (χ4n) is 8.39. The molecule has 1 fully saturated rings. The largest absolute Gasteiger partial charge is 0.382 e. The molecule has 0 aromatic rings. The number of nitrogens with zero attached hydrogens (tertiary/aromatic N) is 2. The summed E-state index contributed by atoms with van der Waals surface area (Å²) in [5, 5.41) is 0. The maximum atomic E-state index is 12.7. The zero-order valence-corrected chi connectivity index (χ0v) is 63.6. The molecule has 34 heteroatoms. The number of hydrogen-bond acceptors (Lipinski definition) is 32. The Balaban J connectivity index is 1.60. The van der Waals surface area contributed by atoms with Gasteiger partial charge in [-0.3, -0.25) is 4.79 Å². The van der Waals surface area contributed by atoms with E-state index < -0.39 is 11.2 Å². The molecule has 0 atom stereocenters. The highest BCUT2D eigenvalue weighted by atomic mass is 35.5. The maximum absolute atomic E-state index is 12.7. The number of halogens is 1. The van der Waals surface area contributed by atoms with Gasteiger partial charge in [0.1, 0.15) is 11.2 Å². The molecule has 1 aliphatic heterocycles. The molecule has 610 valence electrons. The summed E-state index contributed by atoms with van der Waals surface area (Å²) in [6.07, 6.45) is 0. The van der Waals surface area contributed by atoms with E-state index in [1.165, 1.54) is 0 Å². The highest BCUT2D eigenvalue weighted by molar-refractivity contribution is 6.17. The molecule has 0 aromatic carbocycles. The Hall–Kier alpha value is -1.48. The molecule has 102 heavy (non-hydrogen) atoms. The Morgan fingerprint density at radius 3 is 0.412 bits per heavy atom. The van der Waals surface area contributed by atoms with Crippen molar-refractivity contribution < 1.29 is 147 Å². The first-order valence-electron chi connectivity index (χ1n) is 36.3. The predicted octanol–water partition coefficient (Wildman–Crippen LogP) is 1.93. The zero-order chi connectivity index (χ0) is 73.4. The Morgan fingerprint density at radius 1 is 0.206 bits per heavy atom. The van der Waals surface area contributed by atoms with Crippen LogP contribution in [0.25, 0.3) is 0 Å². The third-order valence-electron chi connectivity index (χ3n) is 13.7. The average Bonchev–Trinajstić information content (AvgIpc) is 1.60. The number of methoxy groups -OCH3 is 1. The van der Waals surface area contributed by atoms with E-state index >= 15 is 0 Å². The van der Waals surface area contributed by atoms with Crippen LogP contribution < -0.4 is 0 Å². The van der Waals surface area contributed by atoms with E-state index in [-0.39, 0.29) is 5.91 Å². The summed E-state index contributed by atoms with van der Waals surface area (Å²) in [7, 11) is 1.64. The summed E-state index contributed by atoms with van der Waals surface area (Å²) in [5.74, 6) is -0.0148.